The Balaban J connectivity index is 3.76. The van der Waals surface area contributed by atoms with Crippen LogP contribution in [0.1, 0.15) is 103 Å². The van der Waals surface area contributed by atoms with E-state index >= 15 is 0 Å². The first-order chi connectivity index (χ1) is 16.2. The second kappa shape index (κ2) is 21.6. The molecule has 0 saturated heterocycles. The van der Waals surface area contributed by atoms with Gasteiger partial charge in [-0.1, -0.05) is 114 Å². The van der Waals surface area contributed by atoms with Gasteiger partial charge in [0.2, 0.25) is 0 Å². The SMILES string of the molecule is CCCCCCCCCCCCCCCC=CC=CC=CC(=O)OC(CC(=O)[O-])C[N+](C)(C)C. The van der Waals surface area contributed by atoms with Gasteiger partial charge >= 0.3 is 5.97 Å². The van der Waals surface area contributed by atoms with Crippen molar-refractivity contribution in [1.29, 1.82) is 0 Å². The van der Waals surface area contributed by atoms with Gasteiger partial charge in [-0.2, -0.15) is 0 Å². The number of carbonyl (C=O) groups is 2. The predicted molar refractivity (Wildman–Crippen MR) is 140 cm³/mol. The van der Waals surface area contributed by atoms with Crippen molar-refractivity contribution in [3.63, 3.8) is 0 Å². The molecule has 0 rings (SSSR count). The number of carbonyl (C=O) groups excluding carboxylic acids is 2. The quantitative estimate of drug-likeness (QED) is 0.0641. The molecule has 0 aromatic carbocycles. The Morgan fingerprint density at radius 1 is 0.765 bits per heavy atom. The van der Waals surface area contributed by atoms with Gasteiger partial charge < -0.3 is 19.1 Å². The van der Waals surface area contributed by atoms with Gasteiger partial charge in [0, 0.05) is 18.5 Å². The molecule has 0 heterocycles. The lowest BCUT2D eigenvalue weighted by atomic mass is 10.0. The lowest BCUT2D eigenvalue weighted by Crippen LogP contribution is -2.45. The van der Waals surface area contributed by atoms with Crippen molar-refractivity contribution in [1.82, 2.24) is 0 Å². The molecule has 0 aliphatic rings. The Kier molecular flexibility index (Phi) is 20.4. The Labute approximate surface area is 209 Å². The van der Waals surface area contributed by atoms with Gasteiger partial charge in [-0.05, 0) is 12.8 Å². The molecule has 0 N–H and O–H groups in total. The van der Waals surface area contributed by atoms with Gasteiger partial charge in [-0.3, -0.25) is 0 Å². The fraction of sp³-hybridized carbons (Fsp3) is 0.724. The fourth-order valence-electron chi connectivity index (χ4n) is 3.86. The van der Waals surface area contributed by atoms with Crippen LogP contribution < -0.4 is 5.11 Å². The lowest BCUT2D eigenvalue weighted by Gasteiger charge is -2.28. The zero-order valence-corrected chi connectivity index (χ0v) is 22.4. The average Bonchev–Trinajstić information content (AvgIpc) is 2.73. The average molecular weight is 478 g/mol. The molecule has 0 aliphatic heterocycles. The third kappa shape index (κ3) is 24.8. The molecule has 0 aromatic heterocycles. The zero-order valence-electron chi connectivity index (χ0n) is 22.4. The highest BCUT2D eigenvalue weighted by atomic mass is 16.5. The number of hydrogen-bond donors (Lipinski definition) is 0. The number of esters is 1. The number of carboxylic acids is 1. The highest BCUT2D eigenvalue weighted by Crippen LogP contribution is 2.13. The van der Waals surface area contributed by atoms with Crippen LogP contribution in [0.25, 0.3) is 0 Å². The first-order valence-corrected chi connectivity index (χ1v) is 13.5. The molecule has 0 fully saturated rings. The molecule has 1 unspecified atom stereocenters. The number of carboxylic acid groups (broad SMARTS) is 1. The molecule has 0 aliphatic carbocycles. The van der Waals surface area contributed by atoms with Crippen LogP contribution in [0, 0.1) is 0 Å². The third-order valence-electron chi connectivity index (χ3n) is 5.60. The molecule has 0 saturated carbocycles. The molecule has 0 bridgehead atoms. The van der Waals surface area contributed by atoms with Gasteiger partial charge in [0.05, 0.1) is 21.1 Å². The van der Waals surface area contributed by atoms with Crippen LogP contribution in [0.2, 0.25) is 0 Å². The summed E-state index contributed by atoms with van der Waals surface area (Å²) in [5.41, 5.74) is 0. The number of unbranched alkanes of at least 4 members (excludes halogenated alkanes) is 13. The van der Waals surface area contributed by atoms with E-state index in [1.807, 2.05) is 33.3 Å². The number of aliphatic carboxylic acids is 1. The first kappa shape index (κ1) is 32.1. The van der Waals surface area contributed by atoms with Crippen LogP contribution in [-0.2, 0) is 14.3 Å². The van der Waals surface area contributed by atoms with E-state index < -0.39 is 18.0 Å². The van der Waals surface area contributed by atoms with Gasteiger partial charge in [0.25, 0.3) is 0 Å². The van der Waals surface area contributed by atoms with Gasteiger partial charge in [-0.15, -0.1) is 0 Å². The van der Waals surface area contributed by atoms with Crippen molar-refractivity contribution in [3.8, 4) is 0 Å². The van der Waals surface area contributed by atoms with Crippen molar-refractivity contribution in [2.24, 2.45) is 0 Å². The molecule has 0 amide bonds. The first-order valence-electron chi connectivity index (χ1n) is 13.5. The van der Waals surface area contributed by atoms with Crippen molar-refractivity contribution in [2.45, 2.75) is 109 Å². The second-order valence-corrected chi connectivity index (χ2v) is 10.3. The van der Waals surface area contributed by atoms with E-state index in [0.29, 0.717) is 11.0 Å². The van der Waals surface area contributed by atoms with Crippen LogP contribution >= 0.6 is 0 Å². The number of nitrogens with zero attached hydrogens (tertiary/aromatic N) is 1. The van der Waals surface area contributed by atoms with Crippen molar-refractivity contribution < 1.29 is 23.9 Å². The maximum Gasteiger partial charge on any atom is 0.331 e. The van der Waals surface area contributed by atoms with E-state index in [-0.39, 0.29) is 6.42 Å². The minimum atomic E-state index is -1.22. The molecular formula is C29H51NO4. The molecule has 1 atom stereocenters. The molecular weight excluding hydrogens is 426 g/mol. The number of hydrogen-bond acceptors (Lipinski definition) is 4. The standard InChI is InChI=1S/C29H51NO4/c1-5-6-7-8-9-10-11-12-13-14-15-16-17-18-19-20-21-22-23-24-29(33)34-27(25-28(31)32)26-30(2,3)4/h19-24,27H,5-18,25-26H2,1-4H3. The molecule has 196 valence electrons. The zero-order chi connectivity index (χ0) is 25.5. The second-order valence-electron chi connectivity index (χ2n) is 10.3. The number of allylic oxidation sites excluding steroid dienone is 5. The monoisotopic (exact) mass is 477 g/mol. The van der Waals surface area contributed by atoms with E-state index in [1.165, 1.54) is 89.5 Å². The maximum atomic E-state index is 11.9. The summed E-state index contributed by atoms with van der Waals surface area (Å²) in [4.78, 5) is 22.8. The van der Waals surface area contributed by atoms with Crippen LogP contribution in [0.5, 0.6) is 0 Å². The summed E-state index contributed by atoms with van der Waals surface area (Å²) in [6.45, 7) is 2.68. The summed E-state index contributed by atoms with van der Waals surface area (Å²) >= 11 is 0. The molecule has 0 radical (unpaired) electrons. The van der Waals surface area contributed by atoms with Crippen molar-refractivity contribution in [2.75, 3.05) is 27.7 Å². The smallest absolute Gasteiger partial charge is 0.331 e. The summed E-state index contributed by atoms with van der Waals surface area (Å²) in [5.74, 6) is -1.76. The van der Waals surface area contributed by atoms with Crippen molar-refractivity contribution in [3.05, 3.63) is 36.5 Å². The van der Waals surface area contributed by atoms with Crippen LogP contribution in [0.3, 0.4) is 0 Å². The van der Waals surface area contributed by atoms with Gasteiger partial charge in [-0.25, -0.2) is 4.79 Å². The summed E-state index contributed by atoms with van der Waals surface area (Å²) in [5, 5.41) is 10.9. The Bertz CT molecular complexity index is 602. The van der Waals surface area contributed by atoms with E-state index in [4.69, 9.17) is 4.74 Å². The third-order valence-corrected chi connectivity index (χ3v) is 5.60. The Hall–Kier alpha value is -1.88. The minimum Gasteiger partial charge on any atom is -0.550 e. The number of rotatable bonds is 22. The minimum absolute atomic E-state index is 0.299. The highest BCUT2D eigenvalue weighted by Gasteiger charge is 2.21. The summed E-state index contributed by atoms with van der Waals surface area (Å²) < 4.78 is 5.76. The summed E-state index contributed by atoms with van der Waals surface area (Å²) in [6, 6.07) is 0. The predicted octanol–water partition coefficient (Wildman–Crippen LogP) is 5.89. The van der Waals surface area contributed by atoms with Crippen molar-refractivity contribution >= 4 is 11.9 Å². The Morgan fingerprint density at radius 2 is 1.26 bits per heavy atom. The molecule has 34 heavy (non-hydrogen) atoms. The molecule has 0 aromatic rings. The lowest BCUT2D eigenvalue weighted by molar-refractivity contribution is -0.873. The maximum absolute atomic E-state index is 11.9. The molecule has 5 nitrogen and oxygen atoms in total. The fourth-order valence-corrected chi connectivity index (χ4v) is 3.86. The molecule has 0 spiro atoms. The van der Waals surface area contributed by atoms with E-state index in [2.05, 4.69) is 13.0 Å². The van der Waals surface area contributed by atoms with Crippen LogP contribution in [-0.4, -0.2) is 50.2 Å². The van der Waals surface area contributed by atoms with E-state index in [0.717, 1.165) is 6.42 Å². The van der Waals surface area contributed by atoms with E-state index in [9.17, 15) is 14.7 Å². The topological polar surface area (TPSA) is 66.4 Å². The molecule has 5 heteroatoms. The van der Waals surface area contributed by atoms with Crippen LogP contribution in [0.4, 0.5) is 0 Å². The normalized spacial score (nSPS) is 13.3. The number of ether oxygens (including phenoxy) is 1. The van der Waals surface area contributed by atoms with Crippen LogP contribution in [0.15, 0.2) is 36.5 Å². The summed E-state index contributed by atoms with van der Waals surface area (Å²) in [7, 11) is 5.75. The number of quaternary nitrogens is 1. The number of likely N-dealkylation sites (N-methyl/N-ethyl adjacent to an activating group) is 1. The van der Waals surface area contributed by atoms with Gasteiger partial charge in [0.1, 0.15) is 6.54 Å². The highest BCUT2D eigenvalue weighted by molar-refractivity contribution is 5.82. The summed E-state index contributed by atoms with van der Waals surface area (Å²) in [6.07, 6.45) is 28.6. The van der Waals surface area contributed by atoms with E-state index in [1.54, 1.807) is 12.2 Å². The Morgan fingerprint density at radius 3 is 1.76 bits per heavy atom. The van der Waals surface area contributed by atoms with Gasteiger partial charge in [0.15, 0.2) is 6.10 Å². The largest absolute Gasteiger partial charge is 0.550 e.